The Labute approximate surface area is 82.5 Å². The van der Waals surface area contributed by atoms with Crippen LogP contribution in [0.3, 0.4) is 0 Å². The first-order chi connectivity index (χ1) is 2.83. The maximum atomic E-state index is 8.24. The summed E-state index contributed by atoms with van der Waals surface area (Å²) >= 11 is 0. The fourth-order valence-corrected chi connectivity index (χ4v) is 0. The van der Waals surface area contributed by atoms with Crippen molar-refractivity contribution in [2.75, 3.05) is 0 Å². The van der Waals surface area contributed by atoms with Crippen LogP contribution in [0.2, 0.25) is 0 Å². The summed E-state index contributed by atoms with van der Waals surface area (Å²) in [5.74, 6) is 0. The molecule has 2 nitrogen and oxygen atoms in total. The molecule has 0 saturated heterocycles. The van der Waals surface area contributed by atoms with E-state index in [4.69, 9.17) is 9.90 Å². The average Bonchev–Trinajstić information content (AvgIpc) is 1.39. The fourth-order valence-electron chi connectivity index (χ4n) is 0. The van der Waals surface area contributed by atoms with Gasteiger partial charge in [-0.15, -0.1) is 0 Å². The Morgan fingerprint density at radius 3 is 1.86 bits per heavy atom. The molecule has 3 heteroatoms. The Morgan fingerprint density at radius 2 is 1.86 bits per heavy atom. The van der Waals surface area contributed by atoms with Crippen LogP contribution in [0.25, 0.3) is 0 Å². The van der Waals surface area contributed by atoms with Crippen LogP contribution in [0.1, 0.15) is 13.3 Å². The molecule has 0 heterocycles. The van der Waals surface area contributed by atoms with Gasteiger partial charge in [0.05, 0.1) is 0 Å². The molecule has 0 aliphatic rings. The van der Waals surface area contributed by atoms with Gasteiger partial charge in [0.1, 0.15) is 0 Å². The first-order valence-electron chi connectivity index (χ1n) is 1.63. The van der Waals surface area contributed by atoms with Crippen molar-refractivity contribution in [3.05, 3.63) is 6.92 Å². The minimum Gasteiger partial charge on any atom is -0.665 e. The van der Waals surface area contributed by atoms with Crippen molar-refractivity contribution >= 4 is 6.47 Å². The summed E-state index contributed by atoms with van der Waals surface area (Å²) in [6.45, 7) is 6.00. The van der Waals surface area contributed by atoms with E-state index in [0.29, 0.717) is 6.47 Å². The zero-order chi connectivity index (χ0) is 5.41. The zero-order valence-electron chi connectivity index (χ0n) is 4.04. The number of hydrogen-bond donors (Lipinski definition) is 1. The third kappa shape index (κ3) is 178. The molecule has 0 aliphatic heterocycles. The van der Waals surface area contributed by atoms with Gasteiger partial charge in [-0.2, -0.15) is 6.42 Å². The largest absolute Gasteiger partial charge is 2.00 e. The fraction of sp³-hybridized carbons (Fsp3) is 0.500. The van der Waals surface area contributed by atoms with Crippen LogP contribution >= 0.6 is 0 Å². The van der Waals surface area contributed by atoms with Crippen LogP contribution in [-0.2, 0) is 4.79 Å². The van der Waals surface area contributed by atoms with E-state index in [9.17, 15) is 0 Å². The van der Waals surface area contributed by atoms with E-state index >= 15 is 0 Å². The van der Waals surface area contributed by atoms with E-state index in [1.54, 1.807) is 0 Å². The number of hydrogen-bond acceptors (Lipinski definition) is 1. The van der Waals surface area contributed by atoms with Gasteiger partial charge >= 0.3 is 46.9 Å². The zero-order valence-corrected chi connectivity index (χ0v) is 5.75. The monoisotopic (exact) mass is 262 g/mol. The minimum atomic E-state index is 0. The maximum Gasteiger partial charge on any atom is 2.00 e. The van der Waals surface area contributed by atoms with E-state index in [0.717, 1.165) is 6.42 Å². The van der Waals surface area contributed by atoms with Crippen LogP contribution in [0.5, 0.6) is 0 Å². The van der Waals surface area contributed by atoms with Gasteiger partial charge in [-0.05, 0) is 0 Å². The van der Waals surface area contributed by atoms with Crippen molar-refractivity contribution in [3.63, 3.8) is 0 Å². The molecular weight excluding hydrogens is 253 g/mol. The Balaban J connectivity index is -0.0000000400. The molecule has 7 heavy (non-hydrogen) atoms. The number of aliphatic hydroxyl groups excluding tert-OH is 1. The predicted molar refractivity (Wildman–Crippen MR) is 24.0 cm³/mol. The Bertz CT molecular complexity index is 23.7. The molecular formula is C4H8O2Yb. The van der Waals surface area contributed by atoms with Gasteiger partial charge in [0.15, 0.2) is 0 Å². The molecule has 50 valence electrons. The summed E-state index contributed by atoms with van der Waals surface area (Å²) in [5.41, 5.74) is 0. The van der Waals surface area contributed by atoms with Crippen molar-refractivity contribution in [2.45, 2.75) is 13.3 Å². The van der Waals surface area contributed by atoms with E-state index in [1.165, 1.54) is 0 Å². The Morgan fingerprint density at radius 1 is 1.86 bits per heavy atom. The molecule has 0 amide bonds. The van der Waals surface area contributed by atoms with Gasteiger partial charge in [0.2, 0.25) is 0 Å². The quantitative estimate of drug-likeness (QED) is 0.656. The Hall–Kier alpha value is 0.989. The van der Waals surface area contributed by atoms with Crippen LogP contribution in [0, 0.1) is 53.8 Å². The SMILES string of the molecule is O=[C-]O.[CH2-]CC.[Yb+2]. The summed E-state index contributed by atoms with van der Waals surface area (Å²) in [4.78, 5) is 8.24. The maximum absolute atomic E-state index is 8.24. The molecule has 0 aromatic heterocycles. The molecule has 0 atom stereocenters. The summed E-state index contributed by atoms with van der Waals surface area (Å²) < 4.78 is 0. The third-order valence-corrected chi connectivity index (χ3v) is 0. The van der Waals surface area contributed by atoms with Crippen molar-refractivity contribution in [3.8, 4) is 0 Å². The summed E-state index contributed by atoms with van der Waals surface area (Å²) in [6.07, 6.45) is 1.00. The molecule has 0 fully saturated rings. The number of rotatable bonds is 0. The van der Waals surface area contributed by atoms with Gasteiger partial charge in [0, 0.05) is 0 Å². The smallest absolute Gasteiger partial charge is 0.665 e. The predicted octanol–water partition coefficient (Wildman–Crippen LogP) is 0.842. The first-order valence-corrected chi connectivity index (χ1v) is 1.63. The summed E-state index contributed by atoms with van der Waals surface area (Å²) in [5, 5.41) is 6.76. The molecule has 0 unspecified atom stereocenters. The van der Waals surface area contributed by atoms with Crippen molar-refractivity contribution in [1.29, 1.82) is 0 Å². The molecule has 0 radical (unpaired) electrons. The van der Waals surface area contributed by atoms with Crippen molar-refractivity contribution in [2.24, 2.45) is 0 Å². The summed E-state index contributed by atoms with van der Waals surface area (Å²) in [6, 6.07) is 0. The van der Waals surface area contributed by atoms with Gasteiger partial charge < -0.3 is 16.8 Å². The van der Waals surface area contributed by atoms with Gasteiger partial charge in [-0.1, -0.05) is 13.4 Å². The van der Waals surface area contributed by atoms with Crippen molar-refractivity contribution < 1.29 is 56.8 Å². The molecule has 0 aromatic carbocycles. The van der Waals surface area contributed by atoms with E-state index in [-0.39, 0.29) is 46.9 Å². The van der Waals surface area contributed by atoms with Crippen LogP contribution in [0.15, 0.2) is 0 Å². The second-order valence-electron chi connectivity index (χ2n) is 0.591. The molecule has 1 N–H and O–H groups in total. The topological polar surface area (TPSA) is 37.3 Å². The second-order valence-corrected chi connectivity index (χ2v) is 0.591. The molecule has 0 spiro atoms. The minimum absolute atomic E-state index is 0. The average molecular weight is 261 g/mol. The van der Waals surface area contributed by atoms with Crippen LogP contribution < -0.4 is 0 Å². The molecule has 0 aliphatic carbocycles. The molecule has 0 rings (SSSR count). The van der Waals surface area contributed by atoms with E-state index in [2.05, 4.69) is 6.92 Å². The van der Waals surface area contributed by atoms with E-state index < -0.39 is 0 Å². The Kier molecular flexibility index (Phi) is 62.8. The van der Waals surface area contributed by atoms with Gasteiger partial charge in [-0.25, -0.2) is 0 Å². The van der Waals surface area contributed by atoms with Crippen molar-refractivity contribution in [1.82, 2.24) is 0 Å². The van der Waals surface area contributed by atoms with E-state index in [1.807, 2.05) is 6.92 Å². The second kappa shape index (κ2) is 28.1. The third-order valence-electron chi connectivity index (χ3n) is 0. The first kappa shape index (κ1) is 15.7. The standard InChI is InChI=1S/C3H7.CHO2.Yb/c1-3-2;2-1-3;/h1,3H2,2H3;(H,2,3);/q2*-1;+2. The molecule has 0 aromatic rings. The molecule has 0 bridgehead atoms. The summed E-state index contributed by atoms with van der Waals surface area (Å²) in [7, 11) is 0. The normalized spacial score (nSPS) is 4.29. The molecule has 0 saturated carbocycles. The van der Waals surface area contributed by atoms with Gasteiger partial charge in [-0.3, -0.25) is 0 Å². The van der Waals surface area contributed by atoms with Gasteiger partial charge in [0.25, 0.3) is 0 Å². The van der Waals surface area contributed by atoms with Crippen LogP contribution in [0.4, 0.5) is 0 Å². The van der Waals surface area contributed by atoms with Crippen LogP contribution in [-0.4, -0.2) is 11.6 Å².